The number of imide groups is 1. The fourth-order valence-corrected chi connectivity index (χ4v) is 4.92. The average molecular weight is 545 g/mol. The fraction of sp³-hybridized carbons (Fsp3) is 0.714. The Kier molecular flexibility index (Phi) is 7.95. The number of guanidine groups is 1. The Balaban J connectivity index is 0.00000272. The highest BCUT2D eigenvalue weighted by Gasteiger charge is 2.58. The molecular formula is C21H32IN5O4. The SMILES string of the molecule is CN(C)C(=O)CN=C(NCCN1C(=O)C2C3C=CC(C3)C2C1=O)NCC1CCOC1.I. The molecule has 5 unspecified atom stereocenters. The van der Waals surface area contributed by atoms with Crippen molar-refractivity contribution in [1.29, 1.82) is 0 Å². The predicted molar refractivity (Wildman–Crippen MR) is 126 cm³/mol. The van der Waals surface area contributed by atoms with Crippen LogP contribution in [-0.4, -0.2) is 87.0 Å². The summed E-state index contributed by atoms with van der Waals surface area (Å²) in [5, 5.41) is 6.43. The first-order valence-corrected chi connectivity index (χ1v) is 10.8. The van der Waals surface area contributed by atoms with E-state index in [2.05, 4.69) is 27.8 Å². The van der Waals surface area contributed by atoms with Gasteiger partial charge in [-0.05, 0) is 24.7 Å². The molecule has 10 heteroatoms. The fourth-order valence-electron chi connectivity index (χ4n) is 4.92. The molecule has 172 valence electrons. The van der Waals surface area contributed by atoms with Gasteiger partial charge in [-0.3, -0.25) is 19.3 Å². The Bertz CT molecular complexity index is 735. The summed E-state index contributed by atoms with van der Waals surface area (Å²) < 4.78 is 5.40. The number of hydrogen-bond donors (Lipinski definition) is 2. The first kappa shape index (κ1) is 24.0. The Hall–Kier alpha value is -1.69. The second-order valence-electron chi connectivity index (χ2n) is 8.82. The van der Waals surface area contributed by atoms with Crippen molar-refractivity contribution in [3.63, 3.8) is 0 Å². The summed E-state index contributed by atoms with van der Waals surface area (Å²) in [5.74, 6) is 0.849. The molecule has 0 aromatic carbocycles. The second kappa shape index (κ2) is 10.3. The van der Waals surface area contributed by atoms with Crippen molar-refractivity contribution in [2.24, 2.45) is 34.6 Å². The molecule has 2 aliphatic heterocycles. The number of likely N-dealkylation sites (tertiary alicyclic amines) is 1. The van der Waals surface area contributed by atoms with Crippen molar-refractivity contribution in [2.75, 3.05) is 53.5 Å². The van der Waals surface area contributed by atoms with Gasteiger partial charge >= 0.3 is 0 Å². The van der Waals surface area contributed by atoms with Crippen LogP contribution in [0.15, 0.2) is 17.1 Å². The number of fused-ring (bicyclic) bond motifs is 5. The van der Waals surface area contributed by atoms with Gasteiger partial charge in [-0.1, -0.05) is 12.2 Å². The van der Waals surface area contributed by atoms with Crippen molar-refractivity contribution in [3.8, 4) is 0 Å². The molecule has 0 aromatic heterocycles. The largest absolute Gasteiger partial charge is 0.381 e. The lowest BCUT2D eigenvalue weighted by molar-refractivity contribution is -0.140. The average Bonchev–Trinajstić information content (AvgIpc) is 3.50. The van der Waals surface area contributed by atoms with Gasteiger partial charge in [0.2, 0.25) is 17.7 Å². The minimum atomic E-state index is -0.168. The van der Waals surface area contributed by atoms with E-state index in [4.69, 9.17) is 4.74 Å². The van der Waals surface area contributed by atoms with Crippen molar-refractivity contribution in [2.45, 2.75) is 12.8 Å². The van der Waals surface area contributed by atoms with E-state index in [1.165, 1.54) is 9.80 Å². The summed E-state index contributed by atoms with van der Waals surface area (Å²) in [6, 6.07) is 0. The van der Waals surface area contributed by atoms with Gasteiger partial charge in [0.1, 0.15) is 6.54 Å². The van der Waals surface area contributed by atoms with Crippen LogP contribution in [0.25, 0.3) is 0 Å². The second-order valence-corrected chi connectivity index (χ2v) is 8.82. The Morgan fingerprint density at radius 1 is 1.19 bits per heavy atom. The summed E-state index contributed by atoms with van der Waals surface area (Å²) in [6.07, 6.45) is 6.13. The maximum absolute atomic E-state index is 12.8. The Labute approximate surface area is 200 Å². The van der Waals surface area contributed by atoms with E-state index in [9.17, 15) is 14.4 Å². The van der Waals surface area contributed by atoms with Crippen LogP contribution in [0.1, 0.15) is 12.8 Å². The smallest absolute Gasteiger partial charge is 0.243 e. The summed E-state index contributed by atoms with van der Waals surface area (Å²) in [6.45, 7) is 2.91. The number of halogens is 1. The zero-order valence-corrected chi connectivity index (χ0v) is 20.4. The maximum Gasteiger partial charge on any atom is 0.243 e. The third kappa shape index (κ3) is 5.05. The normalized spacial score (nSPS) is 31.1. The number of carbonyl (C=O) groups is 3. The van der Waals surface area contributed by atoms with Crippen molar-refractivity contribution in [1.82, 2.24) is 20.4 Å². The van der Waals surface area contributed by atoms with E-state index in [0.717, 1.165) is 19.4 Å². The van der Waals surface area contributed by atoms with Crippen LogP contribution in [0.2, 0.25) is 0 Å². The molecule has 0 radical (unpaired) electrons. The van der Waals surface area contributed by atoms with Crippen LogP contribution >= 0.6 is 24.0 Å². The van der Waals surface area contributed by atoms with Gasteiger partial charge < -0.3 is 20.3 Å². The zero-order chi connectivity index (χ0) is 21.3. The highest BCUT2D eigenvalue weighted by Crippen LogP contribution is 2.52. The third-order valence-electron chi connectivity index (χ3n) is 6.64. The van der Waals surface area contributed by atoms with Crippen LogP contribution < -0.4 is 10.6 Å². The minimum Gasteiger partial charge on any atom is -0.381 e. The van der Waals surface area contributed by atoms with Crippen LogP contribution in [0.5, 0.6) is 0 Å². The molecule has 2 heterocycles. The first-order valence-electron chi connectivity index (χ1n) is 10.8. The molecule has 2 saturated heterocycles. The molecule has 4 rings (SSSR count). The minimum absolute atomic E-state index is 0. The Morgan fingerprint density at radius 2 is 1.87 bits per heavy atom. The van der Waals surface area contributed by atoms with Gasteiger partial charge in [0, 0.05) is 46.3 Å². The topological polar surface area (TPSA) is 103 Å². The van der Waals surface area contributed by atoms with Crippen LogP contribution in [0.3, 0.4) is 0 Å². The highest BCUT2D eigenvalue weighted by atomic mass is 127. The van der Waals surface area contributed by atoms with E-state index in [1.807, 2.05) is 0 Å². The summed E-state index contributed by atoms with van der Waals surface area (Å²) in [5.41, 5.74) is 0. The van der Waals surface area contributed by atoms with Crippen molar-refractivity contribution >= 4 is 47.7 Å². The van der Waals surface area contributed by atoms with E-state index < -0.39 is 0 Å². The molecule has 9 nitrogen and oxygen atoms in total. The van der Waals surface area contributed by atoms with Crippen LogP contribution in [0.4, 0.5) is 0 Å². The van der Waals surface area contributed by atoms with E-state index in [-0.39, 0.29) is 71.9 Å². The summed E-state index contributed by atoms with van der Waals surface area (Å²) in [7, 11) is 3.38. The number of ether oxygens (including phenoxy) is 1. The zero-order valence-electron chi connectivity index (χ0n) is 18.1. The molecule has 3 fully saturated rings. The number of rotatable bonds is 7. The van der Waals surface area contributed by atoms with Gasteiger partial charge in [0.15, 0.2) is 5.96 Å². The van der Waals surface area contributed by atoms with E-state index in [0.29, 0.717) is 38.1 Å². The number of aliphatic imine (C=N–C) groups is 1. The van der Waals surface area contributed by atoms with Gasteiger partial charge in [-0.2, -0.15) is 0 Å². The summed E-state index contributed by atoms with van der Waals surface area (Å²) in [4.78, 5) is 44.7. The van der Waals surface area contributed by atoms with Gasteiger partial charge in [-0.25, -0.2) is 4.99 Å². The molecule has 4 aliphatic rings. The monoisotopic (exact) mass is 545 g/mol. The van der Waals surface area contributed by atoms with Gasteiger partial charge in [-0.15, -0.1) is 24.0 Å². The lowest BCUT2D eigenvalue weighted by Crippen LogP contribution is -2.45. The van der Waals surface area contributed by atoms with Crippen molar-refractivity contribution < 1.29 is 19.1 Å². The number of hydrogen-bond acceptors (Lipinski definition) is 5. The van der Waals surface area contributed by atoms with E-state index >= 15 is 0 Å². The molecule has 0 aromatic rings. The standard InChI is InChI=1S/C21H31N5O4.HI/c1-25(2)16(27)11-24-21(23-10-13-5-8-30-12-13)22-6-7-26-19(28)17-14-3-4-15(9-14)18(17)20(26)29;/h3-4,13-15,17-18H,5-12H2,1-2H3,(H2,22,23,24);1H. The first-order chi connectivity index (χ1) is 14.5. The van der Waals surface area contributed by atoms with Crippen LogP contribution in [0, 0.1) is 29.6 Å². The third-order valence-corrected chi connectivity index (χ3v) is 6.64. The molecule has 2 aliphatic carbocycles. The molecule has 2 bridgehead atoms. The van der Waals surface area contributed by atoms with Crippen molar-refractivity contribution in [3.05, 3.63) is 12.2 Å². The molecule has 3 amide bonds. The quantitative estimate of drug-likeness (QED) is 0.154. The lowest BCUT2D eigenvalue weighted by Gasteiger charge is -2.19. The Morgan fingerprint density at radius 3 is 2.45 bits per heavy atom. The number of nitrogens with zero attached hydrogens (tertiary/aromatic N) is 3. The highest BCUT2D eigenvalue weighted by molar-refractivity contribution is 14.0. The number of likely N-dealkylation sites (N-methyl/N-ethyl adjacent to an activating group) is 1. The molecule has 1 saturated carbocycles. The molecule has 2 N–H and O–H groups in total. The van der Waals surface area contributed by atoms with Gasteiger partial charge in [0.05, 0.1) is 18.4 Å². The maximum atomic E-state index is 12.8. The number of nitrogens with one attached hydrogen (secondary N) is 2. The molecular weight excluding hydrogens is 513 g/mol. The number of amides is 3. The predicted octanol–water partition coefficient (Wildman–Crippen LogP) is 0.0714. The summed E-state index contributed by atoms with van der Waals surface area (Å²) >= 11 is 0. The lowest BCUT2D eigenvalue weighted by atomic mass is 9.85. The number of carbonyl (C=O) groups excluding carboxylic acids is 3. The molecule has 31 heavy (non-hydrogen) atoms. The molecule has 0 spiro atoms. The van der Waals surface area contributed by atoms with Gasteiger partial charge in [0.25, 0.3) is 0 Å². The molecule has 5 atom stereocenters. The van der Waals surface area contributed by atoms with E-state index in [1.54, 1.807) is 14.1 Å². The van der Waals surface area contributed by atoms with Crippen LogP contribution in [-0.2, 0) is 19.1 Å². The number of allylic oxidation sites excluding steroid dienone is 2.